The highest BCUT2D eigenvalue weighted by molar-refractivity contribution is 6.01. The standard InChI is InChI=1S/C126H98N4/c1-79-43-45-89(91-67-101(127(93-51-47-81-27-11-15-31-85(81)63-93)97-55-59-109-105-35-19-23-39-115(105)123(3,4)119(109)75-97)73-102(68-91)128(94-52-48-82-28-12-16-32-86(82)64-94)98-56-60-110-106-36-20-24-40-116(106)124(5,6)120(110)76-98)71-113(79)114-72-90(46-44-80(114)2)92-69-103(129(95-53-49-83-29-13-17-33-87(83)65-95)99-57-61-111-107-37-21-25-41-117(107)125(7,8)121(111)77-99)74-104(70-92)130(96-54-50-84-30-14-18-34-88(84)66-96)100-58-62-112-108-38-22-26-42-118(108)126(9,10)122(112)78-100/h11-78H,1-10H3. The van der Waals surface area contributed by atoms with Gasteiger partial charge in [0, 0.05) is 89.9 Å². The first-order chi connectivity index (χ1) is 63.2. The Labute approximate surface area is 762 Å². The number of fused-ring (bicyclic) bond motifs is 16. The van der Waals surface area contributed by atoms with Crippen molar-refractivity contribution in [2.75, 3.05) is 19.6 Å². The number of rotatable bonds is 15. The van der Waals surface area contributed by atoms with Gasteiger partial charge >= 0.3 is 0 Å². The average Bonchev–Trinajstić information content (AvgIpc) is 1.58. The predicted octanol–water partition coefficient (Wildman–Crippen LogP) is 35.0. The van der Waals surface area contributed by atoms with E-state index in [9.17, 15) is 0 Å². The Balaban J connectivity index is 0.728. The molecule has 24 rings (SSSR count). The van der Waals surface area contributed by atoms with Crippen molar-refractivity contribution in [3.63, 3.8) is 0 Å². The van der Waals surface area contributed by atoms with Gasteiger partial charge in [-0.15, -0.1) is 0 Å². The summed E-state index contributed by atoms with van der Waals surface area (Å²) >= 11 is 0. The maximum Gasteiger partial charge on any atom is 0.0488 e. The van der Waals surface area contributed by atoms with Gasteiger partial charge < -0.3 is 19.6 Å². The Kier molecular flexibility index (Phi) is 17.8. The van der Waals surface area contributed by atoms with Crippen LogP contribution in [0.25, 0.3) is 121 Å². The number of benzene rings is 20. The van der Waals surface area contributed by atoms with Gasteiger partial charge in [0.05, 0.1) is 0 Å². The summed E-state index contributed by atoms with van der Waals surface area (Å²) in [5.74, 6) is 0. The Hall–Kier alpha value is -15.4. The molecule has 4 nitrogen and oxygen atoms in total. The van der Waals surface area contributed by atoms with E-state index in [1.807, 2.05) is 0 Å². The average molecular weight is 1670 g/mol. The quantitative estimate of drug-likeness (QED) is 0.101. The van der Waals surface area contributed by atoms with E-state index < -0.39 is 0 Å². The Bertz CT molecular complexity index is 7240. The van der Waals surface area contributed by atoms with E-state index in [0.717, 1.165) is 102 Å². The lowest BCUT2D eigenvalue weighted by molar-refractivity contribution is 0.660. The maximum atomic E-state index is 2.53. The minimum atomic E-state index is -0.255. The molecule has 4 aliphatic rings. The molecule has 0 unspecified atom stereocenters. The maximum absolute atomic E-state index is 2.53. The van der Waals surface area contributed by atoms with Crippen LogP contribution in [0.3, 0.4) is 0 Å². The van der Waals surface area contributed by atoms with Crippen molar-refractivity contribution in [1.29, 1.82) is 0 Å². The summed E-state index contributed by atoms with van der Waals surface area (Å²) in [4.78, 5) is 10.1. The minimum Gasteiger partial charge on any atom is -0.310 e. The Morgan fingerprint density at radius 3 is 0.600 bits per heavy atom. The lowest BCUT2D eigenvalue weighted by atomic mass is 9.82. The van der Waals surface area contributed by atoms with E-state index >= 15 is 0 Å². The molecule has 0 bridgehead atoms. The number of hydrogen-bond donors (Lipinski definition) is 0. The Morgan fingerprint density at radius 1 is 0.138 bits per heavy atom. The molecule has 0 saturated heterocycles. The fourth-order valence-corrected chi connectivity index (χ4v) is 22.6. The summed E-state index contributed by atoms with van der Waals surface area (Å²) < 4.78 is 0. The molecular formula is C126H98N4. The van der Waals surface area contributed by atoms with Crippen LogP contribution in [0.15, 0.2) is 413 Å². The van der Waals surface area contributed by atoms with Crippen LogP contribution in [0.5, 0.6) is 0 Å². The molecule has 622 valence electrons. The van der Waals surface area contributed by atoms with Crippen LogP contribution in [0.2, 0.25) is 0 Å². The van der Waals surface area contributed by atoms with E-state index in [0.29, 0.717) is 0 Å². The summed E-state index contributed by atoms with van der Waals surface area (Å²) in [6, 6.07) is 157. The molecule has 0 heterocycles. The lowest BCUT2D eigenvalue weighted by Gasteiger charge is -2.32. The van der Waals surface area contributed by atoms with Gasteiger partial charge in [-0.3, -0.25) is 0 Å². The lowest BCUT2D eigenvalue weighted by Crippen LogP contribution is -2.17. The van der Waals surface area contributed by atoms with Crippen LogP contribution in [-0.4, -0.2) is 0 Å². The van der Waals surface area contributed by atoms with Gasteiger partial charge in [0.25, 0.3) is 0 Å². The monoisotopic (exact) mass is 1670 g/mol. The van der Waals surface area contributed by atoms with E-state index in [1.165, 1.54) is 143 Å². The molecule has 0 N–H and O–H groups in total. The van der Waals surface area contributed by atoms with Gasteiger partial charge in [0.15, 0.2) is 0 Å². The molecule has 0 spiro atoms. The second-order valence-electron chi connectivity index (χ2n) is 38.6. The fraction of sp³-hybridized carbons (Fsp3) is 0.111. The predicted molar refractivity (Wildman–Crippen MR) is 551 cm³/mol. The number of nitrogens with zero attached hydrogens (tertiary/aromatic N) is 4. The zero-order chi connectivity index (χ0) is 87.8. The highest BCUT2D eigenvalue weighted by atomic mass is 15.2. The van der Waals surface area contributed by atoms with Gasteiger partial charge in [-0.2, -0.15) is 0 Å². The second kappa shape index (κ2) is 29.6. The molecule has 0 atom stereocenters. The molecule has 0 saturated carbocycles. The first kappa shape index (κ1) is 78.1. The van der Waals surface area contributed by atoms with E-state index in [1.54, 1.807) is 0 Å². The van der Waals surface area contributed by atoms with E-state index in [-0.39, 0.29) is 21.7 Å². The molecule has 20 aromatic rings. The zero-order valence-electron chi connectivity index (χ0n) is 75.0. The normalized spacial score (nSPS) is 14.0. The van der Waals surface area contributed by atoms with Gasteiger partial charge in [-0.1, -0.05) is 322 Å². The van der Waals surface area contributed by atoms with Gasteiger partial charge in [-0.05, 0) is 336 Å². The van der Waals surface area contributed by atoms with Crippen molar-refractivity contribution >= 4 is 111 Å². The number of aryl methyl sites for hydroxylation is 2. The van der Waals surface area contributed by atoms with Crippen LogP contribution in [-0.2, 0) is 21.7 Å². The van der Waals surface area contributed by atoms with Crippen LogP contribution in [0.4, 0.5) is 68.2 Å². The molecule has 0 radical (unpaired) electrons. The van der Waals surface area contributed by atoms with Crippen molar-refractivity contribution < 1.29 is 0 Å². The number of anilines is 12. The summed E-state index contributed by atoms with van der Waals surface area (Å²) in [6.07, 6.45) is 0. The highest BCUT2D eigenvalue weighted by Gasteiger charge is 2.41. The van der Waals surface area contributed by atoms with Crippen LogP contribution in [0, 0.1) is 13.8 Å². The van der Waals surface area contributed by atoms with Crippen molar-refractivity contribution in [3.8, 4) is 77.9 Å². The molecule has 0 amide bonds. The third-order valence-electron chi connectivity index (χ3n) is 29.5. The SMILES string of the molecule is Cc1ccc(-c2cc(N(c3ccc4c(c3)C(C)(C)c3ccccc3-4)c3ccc4ccccc4c3)cc(N(c3ccc4c(c3)C(C)(C)c3ccccc3-4)c3ccc4ccccc4c3)c2)cc1-c1cc(-c2cc(N(c3ccc4c(c3)C(C)(C)c3ccccc3-4)c3ccc4ccccc4c3)cc(N(c3ccc4c(c3)C(C)(C)c3ccccc3-4)c3ccc4ccccc4c3)c2)ccc1C. The molecular weight excluding hydrogens is 1570 g/mol. The summed E-state index contributed by atoms with van der Waals surface area (Å²) in [5, 5.41) is 9.46. The zero-order valence-corrected chi connectivity index (χ0v) is 75.0. The molecule has 20 aromatic carbocycles. The third-order valence-corrected chi connectivity index (χ3v) is 29.5. The van der Waals surface area contributed by atoms with E-state index in [4.69, 9.17) is 0 Å². The van der Waals surface area contributed by atoms with Crippen LogP contribution >= 0.6 is 0 Å². The highest BCUT2D eigenvalue weighted by Crippen LogP contribution is 2.58. The van der Waals surface area contributed by atoms with Crippen LogP contribution in [0.1, 0.15) is 111 Å². The third kappa shape index (κ3) is 12.5. The van der Waals surface area contributed by atoms with E-state index in [2.05, 4.69) is 501 Å². The van der Waals surface area contributed by atoms with Gasteiger partial charge in [-0.25, -0.2) is 0 Å². The first-order valence-corrected chi connectivity index (χ1v) is 45.9. The van der Waals surface area contributed by atoms with Gasteiger partial charge in [0.2, 0.25) is 0 Å². The van der Waals surface area contributed by atoms with Crippen molar-refractivity contribution in [1.82, 2.24) is 0 Å². The molecule has 0 aliphatic heterocycles. The molecule has 4 heteroatoms. The van der Waals surface area contributed by atoms with Gasteiger partial charge in [0.1, 0.15) is 0 Å². The van der Waals surface area contributed by atoms with Crippen molar-refractivity contribution in [2.24, 2.45) is 0 Å². The van der Waals surface area contributed by atoms with Crippen molar-refractivity contribution in [3.05, 3.63) is 468 Å². The second-order valence-corrected chi connectivity index (χ2v) is 38.6. The molecule has 0 fully saturated rings. The van der Waals surface area contributed by atoms with Crippen molar-refractivity contribution in [2.45, 2.75) is 90.9 Å². The molecule has 130 heavy (non-hydrogen) atoms. The number of hydrogen-bond acceptors (Lipinski definition) is 4. The summed E-state index contributed by atoms with van der Waals surface area (Å²) in [7, 11) is 0. The molecule has 0 aromatic heterocycles. The summed E-state index contributed by atoms with van der Waals surface area (Å²) in [6.45, 7) is 23.8. The topological polar surface area (TPSA) is 13.0 Å². The largest absolute Gasteiger partial charge is 0.310 e. The summed E-state index contributed by atoms with van der Waals surface area (Å²) in [5.41, 5.74) is 41.7. The Morgan fingerprint density at radius 2 is 0.346 bits per heavy atom. The fourth-order valence-electron chi connectivity index (χ4n) is 22.6. The first-order valence-electron chi connectivity index (χ1n) is 45.9. The smallest absolute Gasteiger partial charge is 0.0488 e. The molecule has 4 aliphatic carbocycles. The minimum absolute atomic E-state index is 0.255. The van der Waals surface area contributed by atoms with Crippen LogP contribution < -0.4 is 19.6 Å².